The van der Waals surface area contributed by atoms with Gasteiger partial charge in [-0.25, -0.2) is 15.2 Å². The van der Waals surface area contributed by atoms with E-state index in [0.717, 1.165) is 0 Å². The third-order valence-corrected chi connectivity index (χ3v) is 4.84. The SMILES string of the molecule is Cc1cc(NC(=O)C2CC(c3cccc4ccccc34)NN2)ccc1F. The maximum atomic E-state index is 13.4. The van der Waals surface area contributed by atoms with Gasteiger partial charge in [0.15, 0.2) is 0 Å². The number of hydrazine groups is 1. The normalized spacial score (nSPS) is 19.6. The maximum absolute atomic E-state index is 13.4. The van der Waals surface area contributed by atoms with E-state index in [1.54, 1.807) is 19.1 Å². The highest BCUT2D eigenvalue weighted by Gasteiger charge is 2.30. The number of halogens is 1. The topological polar surface area (TPSA) is 53.2 Å². The van der Waals surface area contributed by atoms with Crippen molar-refractivity contribution in [3.05, 3.63) is 77.6 Å². The summed E-state index contributed by atoms with van der Waals surface area (Å²) in [5.41, 5.74) is 8.59. The fourth-order valence-corrected chi connectivity index (χ4v) is 3.44. The van der Waals surface area contributed by atoms with Crippen molar-refractivity contribution in [2.45, 2.75) is 25.4 Å². The van der Waals surface area contributed by atoms with Gasteiger partial charge < -0.3 is 5.32 Å². The molecule has 3 aromatic rings. The molecule has 0 radical (unpaired) electrons. The molecule has 0 saturated carbocycles. The van der Waals surface area contributed by atoms with E-state index in [1.807, 2.05) is 18.2 Å². The van der Waals surface area contributed by atoms with Crippen molar-refractivity contribution in [3.8, 4) is 0 Å². The van der Waals surface area contributed by atoms with Crippen LogP contribution >= 0.6 is 0 Å². The van der Waals surface area contributed by atoms with Crippen molar-refractivity contribution in [2.24, 2.45) is 0 Å². The second-order valence-corrected chi connectivity index (χ2v) is 6.65. The predicted octanol–water partition coefficient (Wildman–Crippen LogP) is 3.83. The van der Waals surface area contributed by atoms with Crippen LogP contribution in [-0.2, 0) is 4.79 Å². The molecule has 2 unspecified atom stereocenters. The minimum absolute atomic E-state index is 0.0480. The number of anilines is 1. The summed E-state index contributed by atoms with van der Waals surface area (Å²) in [5, 5.41) is 5.22. The summed E-state index contributed by atoms with van der Waals surface area (Å²) >= 11 is 0. The van der Waals surface area contributed by atoms with Crippen molar-refractivity contribution in [1.29, 1.82) is 0 Å². The number of aryl methyl sites for hydroxylation is 1. The van der Waals surface area contributed by atoms with E-state index in [9.17, 15) is 9.18 Å². The van der Waals surface area contributed by atoms with Gasteiger partial charge in [0.25, 0.3) is 0 Å². The Hall–Kier alpha value is -2.76. The molecule has 0 aliphatic carbocycles. The van der Waals surface area contributed by atoms with Crippen molar-refractivity contribution >= 4 is 22.4 Å². The largest absolute Gasteiger partial charge is 0.325 e. The number of hydrogen-bond donors (Lipinski definition) is 3. The highest BCUT2D eigenvalue weighted by molar-refractivity contribution is 5.95. The van der Waals surface area contributed by atoms with E-state index < -0.39 is 0 Å². The quantitative estimate of drug-likeness (QED) is 0.673. The molecule has 1 amide bonds. The molecule has 1 saturated heterocycles. The average molecular weight is 349 g/mol. The third-order valence-electron chi connectivity index (χ3n) is 4.84. The Morgan fingerprint density at radius 2 is 1.88 bits per heavy atom. The molecule has 3 N–H and O–H groups in total. The summed E-state index contributed by atoms with van der Waals surface area (Å²) in [6.45, 7) is 1.68. The van der Waals surface area contributed by atoms with Crippen LogP contribution < -0.4 is 16.2 Å². The van der Waals surface area contributed by atoms with Gasteiger partial charge in [-0.3, -0.25) is 4.79 Å². The van der Waals surface area contributed by atoms with Gasteiger partial charge in [-0.05, 0) is 53.4 Å². The van der Waals surface area contributed by atoms with E-state index in [0.29, 0.717) is 17.7 Å². The first-order chi connectivity index (χ1) is 12.6. The minimum atomic E-state index is -0.357. The highest BCUT2D eigenvalue weighted by atomic mass is 19.1. The molecule has 5 heteroatoms. The number of hydrogen-bond acceptors (Lipinski definition) is 3. The molecular weight excluding hydrogens is 329 g/mol. The van der Waals surface area contributed by atoms with Crippen LogP contribution in [0, 0.1) is 12.7 Å². The number of amides is 1. The van der Waals surface area contributed by atoms with Crippen molar-refractivity contribution < 1.29 is 9.18 Å². The van der Waals surface area contributed by atoms with Gasteiger partial charge in [0.2, 0.25) is 5.91 Å². The smallest absolute Gasteiger partial charge is 0.242 e. The zero-order chi connectivity index (χ0) is 18.1. The van der Waals surface area contributed by atoms with E-state index >= 15 is 0 Å². The standard InChI is InChI=1S/C21H20FN3O/c1-13-11-15(9-10-18(13)22)23-21(26)20-12-19(24-25-20)17-8-4-6-14-5-2-3-7-16(14)17/h2-11,19-20,24-25H,12H2,1H3,(H,23,26). The molecule has 26 heavy (non-hydrogen) atoms. The summed E-state index contributed by atoms with van der Waals surface area (Å²) in [7, 11) is 0. The van der Waals surface area contributed by atoms with Gasteiger partial charge >= 0.3 is 0 Å². The maximum Gasteiger partial charge on any atom is 0.242 e. The molecule has 4 nitrogen and oxygen atoms in total. The summed E-state index contributed by atoms with van der Waals surface area (Å²) in [5.74, 6) is -0.411. The molecule has 1 aliphatic heterocycles. The second-order valence-electron chi connectivity index (χ2n) is 6.65. The fraction of sp³-hybridized carbons (Fsp3) is 0.190. The molecule has 2 atom stereocenters. The van der Waals surface area contributed by atoms with Crippen LogP contribution in [0.3, 0.4) is 0 Å². The first kappa shape index (κ1) is 16.7. The van der Waals surface area contributed by atoms with Gasteiger partial charge in [0.05, 0.1) is 0 Å². The Kier molecular flexibility index (Phi) is 4.41. The van der Waals surface area contributed by atoms with Gasteiger partial charge in [-0.1, -0.05) is 42.5 Å². The van der Waals surface area contributed by atoms with Crippen LogP contribution in [0.1, 0.15) is 23.6 Å². The molecule has 0 bridgehead atoms. The number of carbonyl (C=O) groups is 1. The molecule has 0 aromatic heterocycles. The number of fused-ring (bicyclic) bond motifs is 1. The van der Waals surface area contributed by atoms with Crippen LogP contribution in [0.25, 0.3) is 10.8 Å². The zero-order valence-electron chi connectivity index (χ0n) is 14.4. The Labute approximate surface area is 151 Å². The average Bonchev–Trinajstić information content (AvgIpc) is 3.14. The zero-order valence-corrected chi connectivity index (χ0v) is 14.4. The lowest BCUT2D eigenvalue weighted by Gasteiger charge is -2.13. The predicted molar refractivity (Wildman–Crippen MR) is 101 cm³/mol. The van der Waals surface area contributed by atoms with E-state index in [-0.39, 0.29) is 23.8 Å². The number of carbonyl (C=O) groups excluding carboxylic acids is 1. The lowest BCUT2D eigenvalue weighted by molar-refractivity contribution is -0.117. The van der Waals surface area contributed by atoms with Gasteiger partial charge in [-0.2, -0.15) is 0 Å². The Balaban J connectivity index is 1.49. The number of benzene rings is 3. The molecule has 1 aliphatic rings. The molecule has 1 heterocycles. The summed E-state index contributed by atoms with van der Waals surface area (Å²) < 4.78 is 13.4. The Bertz CT molecular complexity index is 967. The highest BCUT2D eigenvalue weighted by Crippen LogP contribution is 2.29. The number of nitrogens with one attached hydrogen (secondary N) is 3. The third kappa shape index (κ3) is 3.19. The Morgan fingerprint density at radius 1 is 1.08 bits per heavy atom. The first-order valence-corrected chi connectivity index (χ1v) is 8.67. The minimum Gasteiger partial charge on any atom is -0.325 e. The Morgan fingerprint density at radius 3 is 2.73 bits per heavy atom. The first-order valence-electron chi connectivity index (χ1n) is 8.67. The van der Waals surface area contributed by atoms with E-state index in [4.69, 9.17) is 0 Å². The molecule has 132 valence electrons. The van der Waals surface area contributed by atoms with Crippen LogP contribution in [0.2, 0.25) is 0 Å². The molecule has 3 aromatic carbocycles. The summed E-state index contributed by atoms with van der Waals surface area (Å²) in [6.07, 6.45) is 0.639. The second kappa shape index (κ2) is 6.86. The van der Waals surface area contributed by atoms with Crippen LogP contribution in [0.4, 0.5) is 10.1 Å². The lowest BCUT2D eigenvalue weighted by atomic mass is 9.96. The lowest BCUT2D eigenvalue weighted by Crippen LogP contribution is -2.39. The van der Waals surface area contributed by atoms with Gasteiger partial charge in [-0.15, -0.1) is 0 Å². The molecular formula is C21H20FN3O. The molecule has 0 spiro atoms. The summed E-state index contributed by atoms with van der Waals surface area (Å²) in [4.78, 5) is 12.5. The van der Waals surface area contributed by atoms with Gasteiger partial charge in [0, 0.05) is 11.7 Å². The van der Waals surface area contributed by atoms with Crippen LogP contribution in [-0.4, -0.2) is 11.9 Å². The monoisotopic (exact) mass is 349 g/mol. The van der Waals surface area contributed by atoms with Crippen molar-refractivity contribution in [2.75, 3.05) is 5.32 Å². The summed E-state index contributed by atoms with van der Waals surface area (Å²) in [6, 6.07) is 18.7. The van der Waals surface area contributed by atoms with Crippen LogP contribution in [0.15, 0.2) is 60.7 Å². The van der Waals surface area contributed by atoms with Crippen molar-refractivity contribution in [1.82, 2.24) is 10.9 Å². The number of rotatable bonds is 3. The van der Waals surface area contributed by atoms with Crippen molar-refractivity contribution in [3.63, 3.8) is 0 Å². The molecule has 4 rings (SSSR count). The van der Waals surface area contributed by atoms with Crippen LogP contribution in [0.5, 0.6) is 0 Å². The van der Waals surface area contributed by atoms with Gasteiger partial charge in [0.1, 0.15) is 11.9 Å². The molecule has 1 fully saturated rings. The van der Waals surface area contributed by atoms with E-state index in [2.05, 4.69) is 40.4 Å². The van der Waals surface area contributed by atoms with E-state index in [1.165, 1.54) is 22.4 Å². The fourth-order valence-electron chi connectivity index (χ4n) is 3.44.